The molecule has 4 heteroatoms. The first-order valence-electron chi connectivity index (χ1n) is 5.80. The molecule has 0 spiro atoms. The quantitative estimate of drug-likeness (QED) is 0.631. The highest BCUT2D eigenvalue weighted by molar-refractivity contribution is 5.97. The van der Waals surface area contributed by atoms with E-state index in [1.54, 1.807) is 12.1 Å². The summed E-state index contributed by atoms with van der Waals surface area (Å²) in [6, 6.07) is 3.44. The summed E-state index contributed by atoms with van der Waals surface area (Å²) >= 11 is 0. The van der Waals surface area contributed by atoms with Gasteiger partial charge in [-0.2, -0.15) is 0 Å². The first kappa shape index (κ1) is 13.4. The summed E-state index contributed by atoms with van der Waals surface area (Å²) in [5.74, 6) is 0.286. The maximum absolute atomic E-state index is 11.8. The summed E-state index contributed by atoms with van der Waals surface area (Å²) in [5.41, 5.74) is 7.36. The van der Waals surface area contributed by atoms with E-state index in [1.165, 1.54) is 0 Å². The standard InChI is InChI=1S/C13H19NO3/c1-4-8-17-13(15)12-9(3)11(16-5-2)7-6-10(12)14/h6-7H,4-5,8,14H2,1-3H3. The number of nitrogens with two attached hydrogens (primary N) is 1. The SMILES string of the molecule is CCCOC(=O)c1c(N)ccc(OCC)c1C. The van der Waals surface area contributed by atoms with E-state index in [0.29, 0.717) is 30.2 Å². The highest BCUT2D eigenvalue weighted by Crippen LogP contribution is 2.27. The van der Waals surface area contributed by atoms with Crippen LogP contribution in [0.5, 0.6) is 5.75 Å². The molecule has 0 aliphatic carbocycles. The van der Waals surface area contributed by atoms with Crippen molar-refractivity contribution in [2.45, 2.75) is 27.2 Å². The summed E-state index contributed by atoms with van der Waals surface area (Å²) in [6.45, 7) is 6.60. The van der Waals surface area contributed by atoms with Crippen LogP contribution in [0.25, 0.3) is 0 Å². The Morgan fingerprint density at radius 2 is 2.06 bits per heavy atom. The van der Waals surface area contributed by atoms with Crippen LogP contribution >= 0.6 is 0 Å². The number of esters is 1. The molecule has 0 amide bonds. The van der Waals surface area contributed by atoms with Crippen LogP contribution in [0.15, 0.2) is 12.1 Å². The zero-order chi connectivity index (χ0) is 12.8. The van der Waals surface area contributed by atoms with Gasteiger partial charge in [0.05, 0.1) is 18.8 Å². The van der Waals surface area contributed by atoms with Crippen molar-refractivity contribution in [1.82, 2.24) is 0 Å². The van der Waals surface area contributed by atoms with Gasteiger partial charge in [0.25, 0.3) is 0 Å². The van der Waals surface area contributed by atoms with Crippen LogP contribution in [0.3, 0.4) is 0 Å². The molecule has 0 heterocycles. The molecule has 1 rings (SSSR count). The summed E-state index contributed by atoms with van der Waals surface area (Å²) in [5, 5.41) is 0. The molecule has 0 aromatic heterocycles. The maximum atomic E-state index is 11.8. The van der Waals surface area contributed by atoms with Crippen LogP contribution in [0, 0.1) is 6.92 Å². The second-order valence-electron chi connectivity index (χ2n) is 3.72. The minimum absolute atomic E-state index is 0.386. The second-order valence-corrected chi connectivity index (χ2v) is 3.72. The van der Waals surface area contributed by atoms with Crippen molar-refractivity contribution < 1.29 is 14.3 Å². The van der Waals surface area contributed by atoms with Gasteiger partial charge in [-0.05, 0) is 32.4 Å². The molecule has 0 atom stereocenters. The Morgan fingerprint density at radius 1 is 1.35 bits per heavy atom. The van der Waals surface area contributed by atoms with E-state index < -0.39 is 0 Å². The van der Waals surface area contributed by atoms with Crippen molar-refractivity contribution in [3.8, 4) is 5.75 Å². The van der Waals surface area contributed by atoms with Gasteiger partial charge >= 0.3 is 5.97 Å². The normalized spacial score (nSPS) is 10.1. The first-order chi connectivity index (χ1) is 8.11. The number of hydrogen-bond acceptors (Lipinski definition) is 4. The highest BCUT2D eigenvalue weighted by Gasteiger charge is 2.17. The number of hydrogen-bond donors (Lipinski definition) is 1. The van der Waals surface area contributed by atoms with Crippen molar-refractivity contribution in [3.63, 3.8) is 0 Å². The van der Waals surface area contributed by atoms with Crippen molar-refractivity contribution >= 4 is 11.7 Å². The molecule has 0 radical (unpaired) electrons. The molecule has 0 saturated carbocycles. The lowest BCUT2D eigenvalue weighted by atomic mass is 10.1. The molecule has 94 valence electrons. The number of anilines is 1. The summed E-state index contributed by atoms with van der Waals surface area (Å²) < 4.78 is 10.5. The predicted molar refractivity (Wildman–Crippen MR) is 67.3 cm³/mol. The Kier molecular flexibility index (Phi) is 4.82. The van der Waals surface area contributed by atoms with Crippen LogP contribution in [0.1, 0.15) is 36.2 Å². The van der Waals surface area contributed by atoms with Gasteiger partial charge in [-0.25, -0.2) is 4.79 Å². The molecule has 0 aliphatic rings. The van der Waals surface area contributed by atoms with E-state index in [1.807, 2.05) is 20.8 Å². The Bertz CT molecular complexity index is 402. The zero-order valence-electron chi connectivity index (χ0n) is 10.6. The van der Waals surface area contributed by atoms with Crippen molar-refractivity contribution in [2.24, 2.45) is 0 Å². The number of carbonyl (C=O) groups is 1. The number of nitrogen functional groups attached to an aromatic ring is 1. The fourth-order valence-electron chi connectivity index (χ4n) is 1.56. The Hall–Kier alpha value is -1.71. The van der Waals surface area contributed by atoms with Crippen LogP contribution in [0.2, 0.25) is 0 Å². The average Bonchev–Trinajstić information content (AvgIpc) is 2.30. The molecule has 0 saturated heterocycles. The lowest BCUT2D eigenvalue weighted by molar-refractivity contribution is 0.0505. The van der Waals surface area contributed by atoms with Gasteiger partial charge in [-0.15, -0.1) is 0 Å². The second kappa shape index (κ2) is 6.13. The average molecular weight is 237 g/mol. The van der Waals surface area contributed by atoms with Crippen LogP contribution < -0.4 is 10.5 Å². The van der Waals surface area contributed by atoms with Gasteiger partial charge in [0, 0.05) is 11.3 Å². The lowest BCUT2D eigenvalue weighted by Crippen LogP contribution is -2.12. The van der Waals surface area contributed by atoms with Crippen molar-refractivity contribution in [1.29, 1.82) is 0 Å². The largest absolute Gasteiger partial charge is 0.494 e. The number of benzene rings is 1. The summed E-state index contributed by atoms with van der Waals surface area (Å²) in [4.78, 5) is 11.8. The van der Waals surface area contributed by atoms with Gasteiger partial charge in [0.2, 0.25) is 0 Å². The van der Waals surface area contributed by atoms with Crippen LogP contribution in [-0.4, -0.2) is 19.2 Å². The predicted octanol–water partition coefficient (Wildman–Crippen LogP) is 2.54. The number of rotatable bonds is 5. The van der Waals surface area contributed by atoms with Gasteiger partial charge < -0.3 is 15.2 Å². The smallest absolute Gasteiger partial charge is 0.340 e. The molecule has 0 unspecified atom stereocenters. The monoisotopic (exact) mass is 237 g/mol. The van der Waals surface area contributed by atoms with E-state index in [9.17, 15) is 4.79 Å². The minimum Gasteiger partial charge on any atom is -0.494 e. The molecule has 2 N–H and O–H groups in total. The molecular weight excluding hydrogens is 218 g/mol. The van der Waals surface area contributed by atoms with Gasteiger partial charge in [-0.1, -0.05) is 6.92 Å². The third-order valence-corrected chi connectivity index (χ3v) is 2.39. The fourth-order valence-corrected chi connectivity index (χ4v) is 1.56. The summed E-state index contributed by atoms with van der Waals surface area (Å²) in [6.07, 6.45) is 0.788. The molecule has 0 aliphatic heterocycles. The maximum Gasteiger partial charge on any atom is 0.340 e. The van der Waals surface area contributed by atoms with Crippen molar-refractivity contribution in [3.05, 3.63) is 23.3 Å². The van der Waals surface area contributed by atoms with Crippen molar-refractivity contribution in [2.75, 3.05) is 18.9 Å². The van der Waals surface area contributed by atoms with E-state index >= 15 is 0 Å². The molecule has 1 aromatic carbocycles. The minimum atomic E-state index is -0.386. The van der Waals surface area contributed by atoms with E-state index in [-0.39, 0.29) is 5.97 Å². The third kappa shape index (κ3) is 3.12. The number of ether oxygens (including phenoxy) is 2. The molecule has 1 aromatic rings. The lowest BCUT2D eigenvalue weighted by Gasteiger charge is -2.13. The molecule has 0 bridgehead atoms. The van der Waals surface area contributed by atoms with Gasteiger partial charge in [0.15, 0.2) is 0 Å². The summed E-state index contributed by atoms with van der Waals surface area (Å²) in [7, 11) is 0. The molecule has 0 fully saturated rings. The fraction of sp³-hybridized carbons (Fsp3) is 0.462. The van der Waals surface area contributed by atoms with Gasteiger partial charge in [0.1, 0.15) is 5.75 Å². The first-order valence-corrected chi connectivity index (χ1v) is 5.80. The van der Waals surface area contributed by atoms with E-state index in [2.05, 4.69) is 0 Å². The molecule has 17 heavy (non-hydrogen) atoms. The zero-order valence-corrected chi connectivity index (χ0v) is 10.6. The Balaban J connectivity index is 3.04. The number of carbonyl (C=O) groups excluding carboxylic acids is 1. The van der Waals surface area contributed by atoms with Gasteiger partial charge in [-0.3, -0.25) is 0 Å². The third-order valence-electron chi connectivity index (χ3n) is 2.39. The van der Waals surface area contributed by atoms with E-state index in [0.717, 1.165) is 12.0 Å². The van der Waals surface area contributed by atoms with Crippen LogP contribution in [0.4, 0.5) is 5.69 Å². The molecular formula is C13H19NO3. The Morgan fingerprint density at radius 3 is 2.65 bits per heavy atom. The topological polar surface area (TPSA) is 61.5 Å². The molecule has 4 nitrogen and oxygen atoms in total. The highest BCUT2D eigenvalue weighted by atomic mass is 16.5. The Labute approximate surface area is 102 Å². The van der Waals surface area contributed by atoms with E-state index in [4.69, 9.17) is 15.2 Å². The van der Waals surface area contributed by atoms with Crippen LogP contribution in [-0.2, 0) is 4.74 Å².